The van der Waals surface area contributed by atoms with Gasteiger partial charge in [-0.2, -0.15) is 0 Å². The number of sulfone groups is 1. The Kier molecular flexibility index (Phi) is 4.47. The summed E-state index contributed by atoms with van der Waals surface area (Å²) < 4.78 is 29.4. The second-order valence-corrected chi connectivity index (χ2v) is 7.48. The lowest BCUT2D eigenvalue weighted by molar-refractivity contribution is -0.385. The number of hydrogen-bond acceptors (Lipinski definition) is 5. The lowest BCUT2D eigenvalue weighted by atomic mass is 10.3. The van der Waals surface area contributed by atoms with Crippen LogP contribution in [0.2, 0.25) is 0 Å². The largest absolute Gasteiger partial charge is 0.450 e. The molecule has 6 nitrogen and oxygen atoms in total. The molecule has 0 saturated carbocycles. The van der Waals surface area contributed by atoms with Crippen LogP contribution in [0.3, 0.4) is 0 Å². The highest BCUT2D eigenvalue weighted by Gasteiger charge is 2.20. The molecule has 0 saturated heterocycles. The summed E-state index contributed by atoms with van der Waals surface area (Å²) in [4.78, 5) is 10.3. The van der Waals surface area contributed by atoms with Gasteiger partial charge in [0, 0.05) is 15.9 Å². The van der Waals surface area contributed by atoms with Gasteiger partial charge in [-0.1, -0.05) is 0 Å². The zero-order valence-corrected chi connectivity index (χ0v) is 13.8. The monoisotopic (exact) mass is 419 g/mol. The molecule has 110 valence electrons. The molecule has 0 aliphatic carbocycles. The molecule has 0 aliphatic rings. The fourth-order valence-electron chi connectivity index (χ4n) is 1.59. The number of ether oxygens (including phenoxy) is 1. The van der Waals surface area contributed by atoms with Crippen molar-refractivity contribution >= 4 is 38.1 Å². The Bertz CT molecular complexity index is 787. The first-order valence-corrected chi connectivity index (χ1v) is 8.66. The van der Waals surface area contributed by atoms with Crippen molar-refractivity contribution in [3.8, 4) is 11.5 Å². The van der Waals surface area contributed by atoms with E-state index in [9.17, 15) is 18.5 Å². The Morgan fingerprint density at radius 1 is 1.14 bits per heavy atom. The standard InChI is InChI=1S/C13H10INO5S/c1-21(18,19)11-6-7-13(12(8-11)15(16)17)20-10-4-2-9(14)3-5-10/h2-8H,1H3. The molecule has 0 fully saturated rings. The summed E-state index contributed by atoms with van der Waals surface area (Å²) in [6.45, 7) is 0. The highest BCUT2D eigenvalue weighted by Crippen LogP contribution is 2.33. The fraction of sp³-hybridized carbons (Fsp3) is 0.0769. The Morgan fingerprint density at radius 2 is 1.76 bits per heavy atom. The van der Waals surface area contributed by atoms with Crippen molar-refractivity contribution in [2.45, 2.75) is 4.90 Å². The average Bonchev–Trinajstić information content (AvgIpc) is 2.40. The van der Waals surface area contributed by atoms with E-state index in [2.05, 4.69) is 22.6 Å². The summed E-state index contributed by atoms with van der Waals surface area (Å²) in [7, 11) is -3.52. The molecule has 0 unspecified atom stereocenters. The summed E-state index contributed by atoms with van der Waals surface area (Å²) in [5, 5.41) is 11.1. The lowest BCUT2D eigenvalue weighted by Crippen LogP contribution is -2.00. The van der Waals surface area contributed by atoms with Gasteiger partial charge in [0.25, 0.3) is 0 Å². The maximum absolute atomic E-state index is 11.5. The summed E-state index contributed by atoms with van der Waals surface area (Å²) >= 11 is 2.13. The molecule has 0 radical (unpaired) electrons. The molecule has 0 spiro atoms. The number of nitro benzene ring substituents is 1. The van der Waals surface area contributed by atoms with Crippen LogP contribution >= 0.6 is 22.6 Å². The van der Waals surface area contributed by atoms with Gasteiger partial charge in [0.1, 0.15) is 5.75 Å². The summed E-state index contributed by atoms with van der Waals surface area (Å²) in [6.07, 6.45) is 0.992. The molecule has 0 heterocycles. The molecule has 0 N–H and O–H groups in total. The van der Waals surface area contributed by atoms with Crippen LogP contribution in [0, 0.1) is 13.7 Å². The van der Waals surface area contributed by atoms with Crippen LogP contribution in [-0.4, -0.2) is 19.6 Å². The Balaban J connectivity index is 2.44. The summed E-state index contributed by atoms with van der Waals surface area (Å²) in [5.74, 6) is 0.430. The SMILES string of the molecule is CS(=O)(=O)c1ccc(Oc2ccc(I)cc2)c([N+](=O)[O-])c1. The normalized spacial score (nSPS) is 11.1. The van der Waals surface area contributed by atoms with Gasteiger partial charge in [0.05, 0.1) is 9.82 Å². The maximum atomic E-state index is 11.5. The van der Waals surface area contributed by atoms with E-state index in [1.165, 1.54) is 12.1 Å². The number of nitro groups is 1. The summed E-state index contributed by atoms with van der Waals surface area (Å²) in [6, 6.07) is 10.5. The third-order valence-electron chi connectivity index (χ3n) is 2.60. The molecule has 0 bridgehead atoms. The van der Waals surface area contributed by atoms with Crippen LogP contribution in [0.25, 0.3) is 0 Å². The van der Waals surface area contributed by atoms with Gasteiger partial charge in [-0.3, -0.25) is 10.1 Å². The number of halogens is 1. The van der Waals surface area contributed by atoms with Crippen molar-refractivity contribution in [3.05, 3.63) is 56.1 Å². The minimum Gasteiger partial charge on any atom is -0.450 e. The first-order chi connectivity index (χ1) is 9.77. The van der Waals surface area contributed by atoms with Crippen LogP contribution in [0.5, 0.6) is 11.5 Å². The van der Waals surface area contributed by atoms with E-state index in [1.54, 1.807) is 24.3 Å². The predicted molar refractivity (Wildman–Crippen MR) is 85.4 cm³/mol. The number of benzene rings is 2. The lowest BCUT2D eigenvalue weighted by Gasteiger charge is -2.07. The molecular formula is C13H10INO5S. The molecule has 2 aromatic rings. The predicted octanol–water partition coefficient (Wildman–Crippen LogP) is 3.40. The van der Waals surface area contributed by atoms with Gasteiger partial charge in [-0.15, -0.1) is 0 Å². The molecule has 2 rings (SSSR count). The van der Waals surface area contributed by atoms with Crippen LogP contribution in [0.15, 0.2) is 47.4 Å². The Labute approximate surface area is 135 Å². The highest BCUT2D eigenvalue weighted by molar-refractivity contribution is 14.1. The first-order valence-electron chi connectivity index (χ1n) is 5.69. The number of nitrogens with zero attached hydrogens (tertiary/aromatic N) is 1. The van der Waals surface area contributed by atoms with E-state index in [1.807, 2.05) is 0 Å². The highest BCUT2D eigenvalue weighted by atomic mass is 127. The Hall–Kier alpha value is -1.68. The van der Waals surface area contributed by atoms with Gasteiger partial charge in [-0.05, 0) is 59.0 Å². The van der Waals surface area contributed by atoms with Crippen LogP contribution in [0.1, 0.15) is 0 Å². The van der Waals surface area contributed by atoms with Crippen molar-refractivity contribution in [3.63, 3.8) is 0 Å². The number of hydrogen-bond donors (Lipinski definition) is 0. The van der Waals surface area contributed by atoms with E-state index < -0.39 is 20.4 Å². The van der Waals surface area contributed by atoms with Crippen LogP contribution in [0.4, 0.5) is 5.69 Å². The quantitative estimate of drug-likeness (QED) is 0.431. The van der Waals surface area contributed by atoms with Crippen LogP contribution < -0.4 is 4.74 Å². The van der Waals surface area contributed by atoms with Crippen molar-refractivity contribution in [1.29, 1.82) is 0 Å². The third-order valence-corrected chi connectivity index (χ3v) is 4.43. The van der Waals surface area contributed by atoms with Crippen molar-refractivity contribution < 1.29 is 18.1 Å². The van der Waals surface area contributed by atoms with Gasteiger partial charge < -0.3 is 4.74 Å². The molecule has 8 heteroatoms. The average molecular weight is 419 g/mol. The second kappa shape index (κ2) is 5.98. The van der Waals surface area contributed by atoms with Crippen LogP contribution in [-0.2, 0) is 9.84 Å². The van der Waals surface area contributed by atoms with Gasteiger partial charge in [-0.25, -0.2) is 8.42 Å². The molecular weight excluding hydrogens is 409 g/mol. The minimum absolute atomic E-state index is 0.00592. The van der Waals surface area contributed by atoms with Gasteiger partial charge in [0.2, 0.25) is 5.75 Å². The van der Waals surface area contributed by atoms with E-state index in [0.717, 1.165) is 15.9 Å². The van der Waals surface area contributed by atoms with E-state index in [0.29, 0.717) is 5.75 Å². The van der Waals surface area contributed by atoms with E-state index >= 15 is 0 Å². The first kappa shape index (κ1) is 15.7. The smallest absolute Gasteiger partial charge is 0.312 e. The van der Waals surface area contributed by atoms with Crippen molar-refractivity contribution in [1.82, 2.24) is 0 Å². The molecule has 0 atom stereocenters. The number of rotatable bonds is 4. The zero-order chi connectivity index (χ0) is 15.6. The maximum Gasteiger partial charge on any atom is 0.312 e. The van der Waals surface area contributed by atoms with E-state index in [4.69, 9.17) is 4.74 Å². The molecule has 0 aromatic heterocycles. The minimum atomic E-state index is -3.52. The van der Waals surface area contributed by atoms with Crippen molar-refractivity contribution in [2.24, 2.45) is 0 Å². The topological polar surface area (TPSA) is 86.5 Å². The van der Waals surface area contributed by atoms with Gasteiger partial charge in [0.15, 0.2) is 9.84 Å². The third kappa shape index (κ3) is 3.91. The molecule has 2 aromatic carbocycles. The Morgan fingerprint density at radius 3 is 2.29 bits per heavy atom. The summed E-state index contributed by atoms with van der Waals surface area (Å²) in [5.41, 5.74) is -0.392. The second-order valence-electron chi connectivity index (χ2n) is 4.21. The zero-order valence-electron chi connectivity index (χ0n) is 10.8. The molecule has 0 aliphatic heterocycles. The van der Waals surface area contributed by atoms with Gasteiger partial charge >= 0.3 is 5.69 Å². The van der Waals surface area contributed by atoms with E-state index in [-0.39, 0.29) is 10.6 Å². The molecule has 21 heavy (non-hydrogen) atoms. The fourth-order valence-corrected chi connectivity index (χ4v) is 2.59. The molecule has 0 amide bonds. The van der Waals surface area contributed by atoms with Crippen molar-refractivity contribution in [2.75, 3.05) is 6.26 Å².